The van der Waals surface area contributed by atoms with E-state index in [1.165, 1.54) is 18.4 Å². The van der Waals surface area contributed by atoms with E-state index in [9.17, 15) is 0 Å². The molecule has 0 aliphatic rings. The molecule has 0 saturated heterocycles. The molecule has 0 fully saturated rings. The normalized spacial score (nSPS) is 15.4. The molecule has 0 amide bonds. The molecular formula is C27H50O2Si2. The van der Waals surface area contributed by atoms with Gasteiger partial charge in [-0.3, -0.25) is 0 Å². The third-order valence-electron chi connectivity index (χ3n) is 6.31. The van der Waals surface area contributed by atoms with Gasteiger partial charge in [-0.15, -0.1) is 0 Å². The van der Waals surface area contributed by atoms with E-state index in [2.05, 4.69) is 103 Å². The molecule has 178 valence electrons. The fourth-order valence-corrected chi connectivity index (χ4v) is 5.73. The third kappa shape index (κ3) is 11.7. The Balaban J connectivity index is 2.90. The molecule has 0 N–H and O–H groups in total. The molecule has 0 bridgehead atoms. The van der Waals surface area contributed by atoms with Crippen LogP contribution in [0.1, 0.15) is 65.4 Å². The first-order valence-electron chi connectivity index (χ1n) is 12.4. The number of allylic oxidation sites excluding steroid dienone is 1. The van der Waals surface area contributed by atoms with Gasteiger partial charge < -0.3 is 8.85 Å². The van der Waals surface area contributed by atoms with Gasteiger partial charge in [0.2, 0.25) is 0 Å². The van der Waals surface area contributed by atoms with Crippen LogP contribution in [0, 0.1) is 5.92 Å². The van der Waals surface area contributed by atoms with E-state index in [4.69, 9.17) is 8.85 Å². The summed E-state index contributed by atoms with van der Waals surface area (Å²) in [5.41, 5.74) is 1.40. The van der Waals surface area contributed by atoms with Crippen LogP contribution in [-0.2, 0) is 15.3 Å². The Morgan fingerprint density at radius 3 is 2.16 bits per heavy atom. The van der Waals surface area contributed by atoms with E-state index in [-0.39, 0.29) is 11.1 Å². The molecule has 1 rings (SSSR count). The summed E-state index contributed by atoms with van der Waals surface area (Å²) in [4.78, 5) is 0. The molecule has 2 nitrogen and oxygen atoms in total. The highest BCUT2D eigenvalue weighted by molar-refractivity contribution is 6.74. The summed E-state index contributed by atoms with van der Waals surface area (Å²) < 4.78 is 13.2. The molecule has 2 atom stereocenters. The molecule has 31 heavy (non-hydrogen) atoms. The highest BCUT2D eigenvalue weighted by Crippen LogP contribution is 2.36. The molecule has 0 aliphatic heterocycles. The summed E-state index contributed by atoms with van der Waals surface area (Å²) in [5.74, 6) is 0.416. The van der Waals surface area contributed by atoms with Crippen molar-refractivity contribution in [2.75, 3.05) is 6.61 Å². The van der Waals surface area contributed by atoms with Gasteiger partial charge in [-0.1, -0.05) is 83.0 Å². The van der Waals surface area contributed by atoms with Gasteiger partial charge in [0, 0.05) is 12.5 Å². The molecule has 0 aliphatic carbocycles. The van der Waals surface area contributed by atoms with Gasteiger partial charge >= 0.3 is 0 Å². The first kappa shape index (κ1) is 28.3. The van der Waals surface area contributed by atoms with Crippen LogP contribution in [0.15, 0.2) is 42.5 Å². The van der Waals surface area contributed by atoms with Crippen molar-refractivity contribution in [1.82, 2.24) is 0 Å². The number of hydrogen-bond donors (Lipinski definition) is 0. The number of rotatable bonds is 14. The van der Waals surface area contributed by atoms with Crippen molar-refractivity contribution >= 4 is 16.6 Å². The predicted molar refractivity (Wildman–Crippen MR) is 143 cm³/mol. The molecule has 1 aromatic rings. The van der Waals surface area contributed by atoms with Gasteiger partial charge in [0.25, 0.3) is 0 Å². The maximum atomic E-state index is 6.77. The largest absolute Gasteiger partial charge is 0.417 e. The van der Waals surface area contributed by atoms with Crippen LogP contribution < -0.4 is 0 Å². The average Bonchev–Trinajstić information content (AvgIpc) is 2.65. The average molecular weight is 463 g/mol. The lowest BCUT2D eigenvalue weighted by Gasteiger charge is -2.36. The van der Waals surface area contributed by atoms with Gasteiger partial charge in [-0.2, -0.15) is 0 Å². The Bertz CT molecular complexity index is 627. The lowest BCUT2D eigenvalue weighted by molar-refractivity contribution is 0.127. The fraction of sp³-hybridized carbons (Fsp3) is 0.704. The van der Waals surface area contributed by atoms with E-state index in [0.717, 1.165) is 32.3 Å². The van der Waals surface area contributed by atoms with Gasteiger partial charge in [-0.05, 0) is 69.0 Å². The lowest BCUT2D eigenvalue weighted by Crippen LogP contribution is -2.41. The third-order valence-corrected chi connectivity index (χ3v) is 11.9. The SMILES string of the molecule is CCCC/C=C/[C@@H](Cc1ccccc1)[C@@H](CCCO[Si](C)(C)C(C)(C)C)O[Si](C)(C)C. The minimum atomic E-state index is -1.69. The standard InChI is InChI=1S/C27H50O2Si2/c1-10-11-12-16-20-25(23-24-18-14-13-15-19-24)26(29-30(5,6)7)21-17-22-28-31(8,9)27(2,3)4/h13-16,18-20,25-26H,10-12,17,21-23H2,1-9H3/b20-16+/t25-,26+/m0/s1. The van der Waals surface area contributed by atoms with Crippen LogP contribution in [0.25, 0.3) is 0 Å². The maximum absolute atomic E-state index is 6.77. The molecule has 4 heteroatoms. The fourth-order valence-electron chi connectivity index (χ4n) is 3.45. The van der Waals surface area contributed by atoms with Gasteiger partial charge in [-0.25, -0.2) is 0 Å². The summed E-state index contributed by atoms with van der Waals surface area (Å²) in [6.45, 7) is 21.7. The topological polar surface area (TPSA) is 18.5 Å². The van der Waals surface area contributed by atoms with E-state index < -0.39 is 16.6 Å². The van der Waals surface area contributed by atoms with E-state index >= 15 is 0 Å². The second kappa shape index (κ2) is 13.1. The molecule has 0 radical (unpaired) electrons. The van der Waals surface area contributed by atoms with E-state index in [0.29, 0.717) is 5.92 Å². The zero-order chi connectivity index (χ0) is 23.5. The van der Waals surface area contributed by atoms with E-state index in [1.54, 1.807) is 0 Å². The van der Waals surface area contributed by atoms with Crippen LogP contribution in [0.2, 0.25) is 37.8 Å². The van der Waals surface area contributed by atoms with Crippen molar-refractivity contribution in [2.24, 2.45) is 5.92 Å². The highest BCUT2D eigenvalue weighted by Gasteiger charge is 2.37. The first-order valence-corrected chi connectivity index (χ1v) is 18.7. The highest BCUT2D eigenvalue weighted by atomic mass is 28.4. The molecular weight excluding hydrogens is 412 g/mol. The Labute approximate surface area is 196 Å². The molecule has 0 aromatic heterocycles. The minimum absolute atomic E-state index is 0.257. The minimum Gasteiger partial charge on any atom is -0.417 e. The van der Waals surface area contributed by atoms with Crippen molar-refractivity contribution in [2.45, 2.75) is 110 Å². The number of benzene rings is 1. The number of unbranched alkanes of at least 4 members (excludes halogenated alkanes) is 2. The summed E-state index contributed by atoms with van der Waals surface area (Å²) >= 11 is 0. The monoisotopic (exact) mass is 462 g/mol. The predicted octanol–water partition coefficient (Wildman–Crippen LogP) is 8.61. The Kier molecular flexibility index (Phi) is 12.0. The zero-order valence-corrected chi connectivity index (χ0v) is 24.0. The van der Waals surface area contributed by atoms with Crippen LogP contribution in [0.5, 0.6) is 0 Å². The van der Waals surface area contributed by atoms with Gasteiger partial charge in [0.15, 0.2) is 16.6 Å². The van der Waals surface area contributed by atoms with Gasteiger partial charge in [0.05, 0.1) is 6.10 Å². The molecule has 0 heterocycles. The van der Waals surface area contributed by atoms with Crippen molar-refractivity contribution in [3.8, 4) is 0 Å². The summed E-state index contributed by atoms with van der Waals surface area (Å²) in [5, 5.41) is 0.263. The number of hydrogen-bond acceptors (Lipinski definition) is 2. The zero-order valence-electron chi connectivity index (χ0n) is 22.0. The maximum Gasteiger partial charge on any atom is 0.191 e. The molecule has 0 saturated carbocycles. The quantitative estimate of drug-likeness (QED) is 0.156. The van der Waals surface area contributed by atoms with Crippen LogP contribution in [0.3, 0.4) is 0 Å². The second-order valence-electron chi connectivity index (χ2n) is 11.4. The van der Waals surface area contributed by atoms with Gasteiger partial charge in [0.1, 0.15) is 0 Å². The van der Waals surface area contributed by atoms with Crippen molar-refractivity contribution in [1.29, 1.82) is 0 Å². The molecule has 0 spiro atoms. The van der Waals surface area contributed by atoms with Crippen LogP contribution >= 0.6 is 0 Å². The summed E-state index contributed by atoms with van der Waals surface area (Å²) in [7, 11) is -3.34. The van der Waals surface area contributed by atoms with Crippen LogP contribution in [0.4, 0.5) is 0 Å². The Hall–Kier alpha value is -0.686. The van der Waals surface area contributed by atoms with Crippen LogP contribution in [-0.4, -0.2) is 29.3 Å². The van der Waals surface area contributed by atoms with E-state index in [1.807, 2.05) is 0 Å². The first-order chi connectivity index (χ1) is 14.4. The summed E-state index contributed by atoms with van der Waals surface area (Å²) in [6.07, 6.45) is 11.9. The Morgan fingerprint density at radius 2 is 1.61 bits per heavy atom. The lowest BCUT2D eigenvalue weighted by atomic mass is 9.90. The van der Waals surface area contributed by atoms with Crippen molar-refractivity contribution in [3.05, 3.63) is 48.0 Å². The molecule has 0 unspecified atom stereocenters. The second-order valence-corrected chi connectivity index (χ2v) is 20.7. The molecule has 1 aromatic carbocycles. The Morgan fingerprint density at radius 1 is 0.968 bits per heavy atom. The smallest absolute Gasteiger partial charge is 0.191 e. The van der Waals surface area contributed by atoms with Crippen molar-refractivity contribution in [3.63, 3.8) is 0 Å². The van der Waals surface area contributed by atoms with Crippen molar-refractivity contribution < 1.29 is 8.85 Å². The summed E-state index contributed by atoms with van der Waals surface area (Å²) in [6, 6.07) is 10.9.